The molecule has 0 saturated heterocycles. The fourth-order valence-corrected chi connectivity index (χ4v) is 1.68. The van der Waals surface area contributed by atoms with Crippen molar-refractivity contribution in [1.82, 2.24) is 19.7 Å². The van der Waals surface area contributed by atoms with Gasteiger partial charge < -0.3 is 10.2 Å². The van der Waals surface area contributed by atoms with Gasteiger partial charge in [0.2, 0.25) is 0 Å². The number of aromatic amines is 1. The van der Waals surface area contributed by atoms with Gasteiger partial charge in [0.15, 0.2) is 11.1 Å². The van der Waals surface area contributed by atoms with Crippen LogP contribution in [0.4, 0.5) is 0 Å². The molecule has 19 heavy (non-hydrogen) atoms. The number of amides is 1. The molecule has 2 heterocycles. The molecule has 2 N–H and O–H groups in total. The van der Waals surface area contributed by atoms with Gasteiger partial charge in [-0.25, -0.2) is 9.97 Å². The van der Waals surface area contributed by atoms with Crippen molar-refractivity contribution in [2.24, 2.45) is 4.99 Å². The second-order valence-electron chi connectivity index (χ2n) is 3.80. The zero-order valence-electron chi connectivity index (χ0n) is 9.69. The van der Waals surface area contributed by atoms with Gasteiger partial charge in [0, 0.05) is 5.56 Å². The van der Waals surface area contributed by atoms with E-state index in [1.54, 1.807) is 24.3 Å². The van der Waals surface area contributed by atoms with E-state index < -0.39 is 5.91 Å². The molecule has 94 valence electrons. The van der Waals surface area contributed by atoms with E-state index in [9.17, 15) is 10.0 Å². The monoisotopic (exact) mass is 255 g/mol. The molecular weight excluding hydrogens is 246 g/mol. The molecule has 0 spiro atoms. The number of aromatic nitrogens is 4. The third-order valence-electron chi connectivity index (χ3n) is 2.58. The van der Waals surface area contributed by atoms with Crippen LogP contribution < -0.4 is 5.49 Å². The van der Waals surface area contributed by atoms with Crippen LogP contribution in [0.15, 0.2) is 48.0 Å². The number of hydrogen-bond acceptors (Lipinski definition) is 4. The molecule has 0 fully saturated rings. The van der Waals surface area contributed by atoms with E-state index in [1.165, 1.54) is 6.33 Å². The number of fused-ring (bicyclic) bond motifs is 1. The summed E-state index contributed by atoms with van der Waals surface area (Å²) in [5, 5.41) is 9.48. The third-order valence-corrected chi connectivity index (χ3v) is 2.58. The molecular formula is C12H9N5O2. The number of H-pyrrole nitrogens is 1. The van der Waals surface area contributed by atoms with Gasteiger partial charge in [0.1, 0.15) is 11.8 Å². The summed E-state index contributed by atoms with van der Waals surface area (Å²) < 4.78 is 0.762. The lowest BCUT2D eigenvalue weighted by atomic mass is 10.2. The molecule has 3 rings (SSSR count). The Morgan fingerprint density at radius 3 is 2.84 bits per heavy atom. The summed E-state index contributed by atoms with van der Waals surface area (Å²) in [7, 11) is 0. The topological polar surface area (TPSA) is 96.2 Å². The summed E-state index contributed by atoms with van der Waals surface area (Å²) in [5.74, 6) is -0.403. The van der Waals surface area contributed by atoms with Crippen molar-refractivity contribution >= 4 is 17.1 Å². The average Bonchev–Trinajstić information content (AvgIpc) is 2.93. The van der Waals surface area contributed by atoms with Gasteiger partial charge in [0.25, 0.3) is 5.91 Å². The van der Waals surface area contributed by atoms with Gasteiger partial charge in [-0.15, -0.1) is 0 Å². The minimum atomic E-state index is -0.403. The molecule has 0 unspecified atom stereocenters. The standard InChI is InChI=1S/C12H9N5O2/c18-12(8-4-2-1-3-5-8)16-10-9-11(14-6-13-9)17(19)7-15-10/h1-7,19H,(H,13,14). The first-order valence-electron chi connectivity index (χ1n) is 5.50. The van der Waals surface area contributed by atoms with E-state index in [0.717, 1.165) is 11.1 Å². The van der Waals surface area contributed by atoms with Crippen LogP contribution in [0.2, 0.25) is 0 Å². The lowest BCUT2D eigenvalue weighted by molar-refractivity contribution is 0.0997. The second kappa shape index (κ2) is 4.37. The summed E-state index contributed by atoms with van der Waals surface area (Å²) in [5.41, 5.74) is 1.31. The maximum Gasteiger partial charge on any atom is 0.279 e. The summed E-state index contributed by atoms with van der Waals surface area (Å²) in [6.45, 7) is 0. The second-order valence-corrected chi connectivity index (χ2v) is 3.80. The number of carbonyl (C=O) groups is 1. The maximum absolute atomic E-state index is 12.0. The molecule has 7 nitrogen and oxygen atoms in total. The third kappa shape index (κ3) is 1.97. The van der Waals surface area contributed by atoms with Crippen LogP contribution in [-0.4, -0.2) is 30.8 Å². The fraction of sp³-hybridized carbons (Fsp3) is 0. The fourth-order valence-electron chi connectivity index (χ4n) is 1.68. The van der Waals surface area contributed by atoms with Gasteiger partial charge in [-0.1, -0.05) is 18.2 Å². The van der Waals surface area contributed by atoms with Crippen LogP contribution in [0.25, 0.3) is 11.2 Å². The van der Waals surface area contributed by atoms with Crippen LogP contribution in [0.5, 0.6) is 0 Å². The molecule has 1 aromatic carbocycles. The van der Waals surface area contributed by atoms with E-state index in [0.29, 0.717) is 11.1 Å². The molecule has 0 bridgehead atoms. The van der Waals surface area contributed by atoms with Crippen LogP contribution in [-0.2, 0) is 0 Å². The van der Waals surface area contributed by atoms with Crippen LogP contribution in [0.1, 0.15) is 10.4 Å². The first-order chi connectivity index (χ1) is 9.25. The van der Waals surface area contributed by atoms with Crippen molar-refractivity contribution < 1.29 is 10.0 Å². The summed E-state index contributed by atoms with van der Waals surface area (Å²) in [6.07, 6.45) is 2.53. The molecule has 0 aliphatic carbocycles. The number of nitrogens with zero attached hydrogens (tertiary/aromatic N) is 4. The molecule has 0 aliphatic rings. The molecule has 2 aromatic heterocycles. The highest BCUT2D eigenvalue weighted by Crippen LogP contribution is 2.02. The highest BCUT2D eigenvalue weighted by atomic mass is 16.5. The number of hydrogen-bond donors (Lipinski definition) is 2. The Morgan fingerprint density at radius 2 is 2.05 bits per heavy atom. The average molecular weight is 255 g/mol. The summed E-state index contributed by atoms with van der Waals surface area (Å²) in [6, 6.07) is 8.68. The van der Waals surface area contributed by atoms with Crippen molar-refractivity contribution in [3.63, 3.8) is 0 Å². The largest absolute Gasteiger partial charge is 0.425 e. The van der Waals surface area contributed by atoms with E-state index >= 15 is 0 Å². The molecule has 0 aliphatic heterocycles. The van der Waals surface area contributed by atoms with Gasteiger partial charge in [-0.2, -0.15) is 9.72 Å². The molecule has 7 heteroatoms. The SMILES string of the molecule is O=C(N=c1ncn(O)c2nc[nH]c12)c1ccccc1. The Bertz CT molecular complexity index is 804. The van der Waals surface area contributed by atoms with Crippen molar-refractivity contribution in [2.45, 2.75) is 0 Å². The van der Waals surface area contributed by atoms with E-state index in [4.69, 9.17) is 0 Å². The number of carbonyl (C=O) groups excluding carboxylic acids is 1. The van der Waals surface area contributed by atoms with Crippen LogP contribution in [0, 0.1) is 0 Å². The van der Waals surface area contributed by atoms with Crippen molar-refractivity contribution in [3.05, 3.63) is 54.0 Å². The maximum atomic E-state index is 12.0. The molecule has 1 amide bonds. The highest BCUT2D eigenvalue weighted by molar-refractivity contribution is 5.95. The van der Waals surface area contributed by atoms with Gasteiger partial charge in [0.05, 0.1) is 6.33 Å². The van der Waals surface area contributed by atoms with Gasteiger partial charge in [-0.05, 0) is 12.1 Å². The number of rotatable bonds is 1. The first kappa shape index (κ1) is 11.1. The lowest BCUT2D eigenvalue weighted by Gasteiger charge is -1.97. The first-order valence-corrected chi connectivity index (χ1v) is 5.50. The number of benzene rings is 1. The van der Waals surface area contributed by atoms with Crippen molar-refractivity contribution in [2.75, 3.05) is 0 Å². The minimum Gasteiger partial charge on any atom is -0.425 e. The van der Waals surface area contributed by atoms with Crippen molar-refractivity contribution in [1.29, 1.82) is 0 Å². The number of imidazole rings is 1. The van der Waals surface area contributed by atoms with Crippen molar-refractivity contribution in [3.8, 4) is 0 Å². The zero-order chi connectivity index (χ0) is 13.2. The highest BCUT2D eigenvalue weighted by Gasteiger charge is 2.07. The summed E-state index contributed by atoms with van der Waals surface area (Å²) in [4.78, 5) is 26.5. The normalized spacial score (nSPS) is 11.9. The molecule has 3 aromatic rings. The van der Waals surface area contributed by atoms with Gasteiger partial charge in [-0.3, -0.25) is 4.79 Å². The lowest BCUT2D eigenvalue weighted by Crippen LogP contribution is -2.15. The summed E-state index contributed by atoms with van der Waals surface area (Å²) >= 11 is 0. The Labute approximate surface area is 106 Å². The Hall–Kier alpha value is -2.96. The van der Waals surface area contributed by atoms with Gasteiger partial charge >= 0.3 is 0 Å². The predicted octanol–water partition coefficient (Wildman–Crippen LogP) is 0.738. The van der Waals surface area contributed by atoms with Crippen LogP contribution >= 0.6 is 0 Å². The Kier molecular flexibility index (Phi) is 2.57. The minimum absolute atomic E-state index is 0.187. The molecule has 0 radical (unpaired) electrons. The molecule has 0 atom stereocenters. The van der Waals surface area contributed by atoms with E-state index in [1.807, 2.05) is 6.07 Å². The van der Waals surface area contributed by atoms with Crippen LogP contribution in [0.3, 0.4) is 0 Å². The Morgan fingerprint density at radius 1 is 1.26 bits per heavy atom. The quantitative estimate of drug-likeness (QED) is 0.627. The predicted molar refractivity (Wildman–Crippen MR) is 65.4 cm³/mol. The molecule has 0 saturated carbocycles. The van der Waals surface area contributed by atoms with E-state index in [2.05, 4.69) is 19.9 Å². The Balaban J connectivity index is 2.15. The smallest absolute Gasteiger partial charge is 0.279 e. The zero-order valence-corrected chi connectivity index (χ0v) is 9.69. The number of nitrogens with one attached hydrogen (secondary N) is 1. The van der Waals surface area contributed by atoms with E-state index in [-0.39, 0.29) is 11.1 Å².